The standard InChI is InChI=1S/C17H15NO4/c19-15-13-9-4-5-10(7-6-9)14(13)16(20)18(15)12-3-1-2-11(8-12)17(21)22/h1-5,8-10,13-14H,6-7H2,(H,21,22)/t9-,10-,13-,14-/m0/s1. The summed E-state index contributed by atoms with van der Waals surface area (Å²) < 4.78 is 0. The summed E-state index contributed by atoms with van der Waals surface area (Å²) in [5, 5.41) is 9.09. The van der Waals surface area contributed by atoms with Crippen LogP contribution in [0, 0.1) is 23.7 Å². The van der Waals surface area contributed by atoms with Gasteiger partial charge >= 0.3 is 5.97 Å². The molecule has 0 spiro atoms. The zero-order chi connectivity index (χ0) is 15.4. The van der Waals surface area contributed by atoms with Gasteiger partial charge in [-0.2, -0.15) is 0 Å². The van der Waals surface area contributed by atoms with Crippen LogP contribution in [0.25, 0.3) is 0 Å². The molecule has 1 saturated heterocycles. The number of anilines is 1. The van der Waals surface area contributed by atoms with E-state index in [1.54, 1.807) is 12.1 Å². The first kappa shape index (κ1) is 13.2. The number of rotatable bonds is 2. The number of carbonyl (C=O) groups is 3. The van der Waals surface area contributed by atoms with Gasteiger partial charge in [-0.15, -0.1) is 0 Å². The number of carboxylic acids is 1. The van der Waals surface area contributed by atoms with E-state index in [9.17, 15) is 14.4 Å². The number of imide groups is 1. The minimum absolute atomic E-state index is 0.0778. The Morgan fingerprint density at radius 2 is 1.64 bits per heavy atom. The van der Waals surface area contributed by atoms with Gasteiger partial charge in [0.2, 0.25) is 11.8 Å². The maximum atomic E-state index is 12.7. The van der Waals surface area contributed by atoms with Gasteiger partial charge in [0.25, 0.3) is 0 Å². The summed E-state index contributed by atoms with van der Waals surface area (Å²) in [6, 6.07) is 6.03. The van der Waals surface area contributed by atoms with E-state index in [4.69, 9.17) is 5.11 Å². The molecule has 1 N–H and O–H groups in total. The topological polar surface area (TPSA) is 74.7 Å². The van der Waals surface area contributed by atoms with Crippen molar-refractivity contribution in [3.63, 3.8) is 0 Å². The van der Waals surface area contributed by atoms with Crippen molar-refractivity contribution < 1.29 is 19.5 Å². The lowest BCUT2D eigenvalue weighted by Crippen LogP contribution is -2.38. The van der Waals surface area contributed by atoms with Crippen molar-refractivity contribution in [1.29, 1.82) is 0 Å². The zero-order valence-corrected chi connectivity index (χ0v) is 11.8. The molecule has 5 rings (SSSR count). The van der Waals surface area contributed by atoms with Gasteiger partial charge in [0.05, 0.1) is 23.1 Å². The zero-order valence-electron chi connectivity index (χ0n) is 11.8. The fourth-order valence-electron chi connectivity index (χ4n) is 4.11. The average Bonchev–Trinajstić information content (AvgIpc) is 2.82. The highest BCUT2D eigenvalue weighted by atomic mass is 16.4. The van der Waals surface area contributed by atoms with Crippen molar-refractivity contribution in [3.05, 3.63) is 42.0 Å². The van der Waals surface area contributed by atoms with Crippen LogP contribution in [-0.2, 0) is 9.59 Å². The molecule has 3 aliphatic carbocycles. The SMILES string of the molecule is O=C(O)c1cccc(N2C(=O)[C@@H]3[C@@H](C2=O)[C@H]2C=C[C@H]3CC2)c1. The molecule has 1 aromatic carbocycles. The van der Waals surface area contributed by atoms with Crippen LogP contribution < -0.4 is 4.90 Å². The first-order chi connectivity index (χ1) is 10.6. The molecule has 4 atom stereocenters. The summed E-state index contributed by atoms with van der Waals surface area (Å²) in [4.78, 5) is 37.8. The number of allylic oxidation sites excluding steroid dienone is 2. The molecule has 5 heteroatoms. The molecule has 112 valence electrons. The highest BCUT2D eigenvalue weighted by Gasteiger charge is 2.56. The predicted molar refractivity (Wildman–Crippen MR) is 78.2 cm³/mol. The first-order valence-electron chi connectivity index (χ1n) is 7.47. The minimum Gasteiger partial charge on any atom is -0.478 e. The van der Waals surface area contributed by atoms with Crippen molar-refractivity contribution in [3.8, 4) is 0 Å². The van der Waals surface area contributed by atoms with Gasteiger partial charge in [0.1, 0.15) is 0 Å². The van der Waals surface area contributed by atoms with Gasteiger partial charge in [-0.25, -0.2) is 9.69 Å². The van der Waals surface area contributed by atoms with E-state index in [1.807, 2.05) is 0 Å². The van der Waals surface area contributed by atoms with Gasteiger partial charge in [-0.05, 0) is 42.9 Å². The molecular formula is C17H15NO4. The normalized spacial score (nSPS) is 32.5. The summed E-state index contributed by atoms with van der Waals surface area (Å²) in [7, 11) is 0. The monoisotopic (exact) mass is 297 g/mol. The number of carboxylic acid groups (broad SMARTS) is 1. The Bertz CT molecular complexity index is 691. The summed E-state index contributed by atoms with van der Waals surface area (Å²) >= 11 is 0. The fraction of sp³-hybridized carbons (Fsp3) is 0.353. The Labute approximate surface area is 127 Å². The van der Waals surface area contributed by atoms with E-state index in [1.165, 1.54) is 17.0 Å². The van der Waals surface area contributed by atoms with Gasteiger partial charge in [-0.1, -0.05) is 18.2 Å². The summed E-state index contributed by atoms with van der Waals surface area (Å²) in [5.74, 6) is -1.71. The van der Waals surface area contributed by atoms with Crippen LogP contribution in [-0.4, -0.2) is 22.9 Å². The van der Waals surface area contributed by atoms with Crippen molar-refractivity contribution in [2.75, 3.05) is 4.90 Å². The number of hydrogen-bond donors (Lipinski definition) is 1. The predicted octanol–water partition coefficient (Wildman–Crippen LogP) is 2.09. The van der Waals surface area contributed by atoms with Crippen molar-refractivity contribution in [2.45, 2.75) is 12.8 Å². The third kappa shape index (κ3) is 1.68. The molecule has 0 aromatic heterocycles. The molecule has 2 fully saturated rings. The van der Waals surface area contributed by atoms with Crippen LogP contribution in [0.15, 0.2) is 36.4 Å². The second kappa shape index (κ2) is 4.53. The smallest absolute Gasteiger partial charge is 0.335 e. The van der Waals surface area contributed by atoms with E-state index in [0.717, 1.165) is 12.8 Å². The van der Waals surface area contributed by atoms with E-state index >= 15 is 0 Å². The molecule has 1 heterocycles. The number of hydrogen-bond acceptors (Lipinski definition) is 3. The van der Waals surface area contributed by atoms with Crippen molar-refractivity contribution in [1.82, 2.24) is 0 Å². The van der Waals surface area contributed by atoms with Crippen LogP contribution >= 0.6 is 0 Å². The second-order valence-corrected chi connectivity index (χ2v) is 6.21. The van der Waals surface area contributed by atoms with Gasteiger partial charge in [0.15, 0.2) is 0 Å². The molecule has 1 aliphatic heterocycles. The van der Waals surface area contributed by atoms with Crippen molar-refractivity contribution >= 4 is 23.5 Å². The van der Waals surface area contributed by atoms with Crippen molar-refractivity contribution in [2.24, 2.45) is 23.7 Å². The van der Waals surface area contributed by atoms with E-state index in [0.29, 0.717) is 5.69 Å². The minimum atomic E-state index is -1.07. The largest absolute Gasteiger partial charge is 0.478 e. The van der Waals surface area contributed by atoms with Crippen LogP contribution in [0.3, 0.4) is 0 Å². The summed E-state index contributed by atoms with van der Waals surface area (Å²) in [6.07, 6.45) is 6.03. The fourth-order valence-corrected chi connectivity index (χ4v) is 4.11. The second-order valence-electron chi connectivity index (χ2n) is 6.21. The lowest BCUT2D eigenvalue weighted by atomic mass is 9.63. The Morgan fingerprint density at radius 1 is 1.05 bits per heavy atom. The van der Waals surface area contributed by atoms with Crippen LogP contribution in [0.4, 0.5) is 5.69 Å². The molecule has 1 aromatic rings. The lowest BCUT2D eigenvalue weighted by molar-refractivity contribution is -0.124. The van der Waals surface area contributed by atoms with Gasteiger partial charge in [-0.3, -0.25) is 9.59 Å². The molecule has 5 nitrogen and oxygen atoms in total. The first-order valence-corrected chi connectivity index (χ1v) is 7.47. The Balaban J connectivity index is 1.75. The number of aromatic carboxylic acids is 1. The Kier molecular flexibility index (Phi) is 2.73. The molecular weight excluding hydrogens is 282 g/mol. The van der Waals surface area contributed by atoms with Crippen LogP contribution in [0.2, 0.25) is 0 Å². The number of nitrogens with zero attached hydrogens (tertiary/aromatic N) is 1. The molecule has 4 aliphatic rings. The maximum absolute atomic E-state index is 12.7. The summed E-state index contributed by atoms with van der Waals surface area (Å²) in [6.45, 7) is 0. The van der Waals surface area contributed by atoms with E-state index in [2.05, 4.69) is 12.2 Å². The average molecular weight is 297 g/mol. The Hall–Kier alpha value is -2.43. The number of fused-ring (bicyclic) bond motifs is 1. The highest BCUT2D eigenvalue weighted by Crippen LogP contribution is 2.50. The Morgan fingerprint density at radius 3 is 2.14 bits per heavy atom. The van der Waals surface area contributed by atoms with E-state index < -0.39 is 5.97 Å². The van der Waals surface area contributed by atoms with E-state index in [-0.39, 0.29) is 41.0 Å². The third-order valence-corrected chi connectivity index (χ3v) is 5.11. The number of carbonyl (C=O) groups excluding carboxylic acids is 2. The molecule has 22 heavy (non-hydrogen) atoms. The molecule has 1 saturated carbocycles. The number of amides is 2. The highest BCUT2D eigenvalue weighted by molar-refractivity contribution is 6.22. The van der Waals surface area contributed by atoms with Crippen LogP contribution in [0.5, 0.6) is 0 Å². The molecule has 0 unspecified atom stereocenters. The van der Waals surface area contributed by atoms with Gasteiger partial charge < -0.3 is 5.11 Å². The quantitative estimate of drug-likeness (QED) is 0.670. The lowest BCUT2D eigenvalue weighted by Gasteiger charge is -2.38. The molecule has 2 amide bonds. The van der Waals surface area contributed by atoms with Crippen LogP contribution in [0.1, 0.15) is 23.2 Å². The maximum Gasteiger partial charge on any atom is 0.335 e. The number of benzene rings is 1. The molecule has 0 radical (unpaired) electrons. The molecule has 2 bridgehead atoms. The van der Waals surface area contributed by atoms with Gasteiger partial charge in [0, 0.05) is 0 Å². The third-order valence-electron chi connectivity index (χ3n) is 5.11. The summed E-state index contributed by atoms with van der Waals surface area (Å²) in [5.41, 5.74) is 0.442.